The van der Waals surface area contributed by atoms with Crippen LogP contribution in [-0.2, 0) is 4.79 Å². The highest BCUT2D eigenvalue weighted by Crippen LogP contribution is 2.26. The number of carboxylic acid groups (broad SMARTS) is 1. The molecule has 1 unspecified atom stereocenters. The third kappa shape index (κ3) is 4.70. The average molecular weight is 325 g/mol. The molecule has 22 heavy (non-hydrogen) atoms. The van der Waals surface area contributed by atoms with Crippen LogP contribution < -0.4 is 5.32 Å². The zero-order valence-electron chi connectivity index (χ0n) is 13.3. The van der Waals surface area contributed by atoms with E-state index in [9.17, 15) is 4.79 Å². The van der Waals surface area contributed by atoms with Gasteiger partial charge in [0.05, 0.1) is 6.54 Å². The molecule has 1 aromatic carbocycles. The number of rotatable bonds is 8. The lowest BCUT2D eigenvalue weighted by atomic mass is 9.85. The Morgan fingerprint density at radius 1 is 1.50 bits per heavy atom. The maximum Gasteiger partial charge on any atom is 0.317 e. The van der Waals surface area contributed by atoms with E-state index >= 15 is 0 Å². The van der Waals surface area contributed by atoms with Crippen LogP contribution in [0.5, 0.6) is 0 Å². The lowest BCUT2D eigenvalue weighted by molar-refractivity contribution is -0.139. The van der Waals surface area contributed by atoms with E-state index in [1.165, 1.54) is 5.56 Å². The molecule has 1 fully saturated rings. The molecule has 1 aromatic rings. The molecule has 4 nitrogen and oxygen atoms in total. The van der Waals surface area contributed by atoms with Crippen LogP contribution in [0.25, 0.3) is 0 Å². The molecule has 0 spiro atoms. The van der Waals surface area contributed by atoms with Crippen molar-refractivity contribution in [2.75, 3.05) is 19.6 Å². The summed E-state index contributed by atoms with van der Waals surface area (Å²) in [5, 5.41) is 13.3. The van der Waals surface area contributed by atoms with Gasteiger partial charge < -0.3 is 10.4 Å². The van der Waals surface area contributed by atoms with Crippen molar-refractivity contribution < 1.29 is 9.90 Å². The number of likely N-dealkylation sites (N-methyl/N-ethyl adjacent to an activating group) is 1. The van der Waals surface area contributed by atoms with Gasteiger partial charge in [-0.25, -0.2) is 0 Å². The van der Waals surface area contributed by atoms with Gasteiger partial charge in [0.1, 0.15) is 0 Å². The van der Waals surface area contributed by atoms with Crippen molar-refractivity contribution in [3.05, 3.63) is 34.9 Å². The van der Waals surface area contributed by atoms with Crippen LogP contribution in [0.15, 0.2) is 24.3 Å². The Morgan fingerprint density at radius 2 is 2.23 bits per heavy atom. The van der Waals surface area contributed by atoms with Gasteiger partial charge in [-0.3, -0.25) is 9.69 Å². The number of hydrogen-bond acceptors (Lipinski definition) is 3. The van der Waals surface area contributed by atoms with Crippen LogP contribution in [-0.4, -0.2) is 47.7 Å². The molecule has 5 heteroatoms. The third-order valence-electron chi connectivity index (χ3n) is 4.50. The minimum absolute atomic E-state index is 0.146. The number of benzene rings is 1. The fraction of sp³-hybridized carbons (Fsp3) is 0.588. The van der Waals surface area contributed by atoms with Gasteiger partial charge in [-0.15, -0.1) is 0 Å². The number of hydrogen-bond donors (Lipinski definition) is 2. The molecule has 122 valence electrons. The van der Waals surface area contributed by atoms with Gasteiger partial charge in [-0.1, -0.05) is 37.6 Å². The standard InChI is InChI=1S/C17H25ClN2O2/c1-3-20(11-17(21)22)16-8-15(9-16)19-10-12(2)13-5-4-6-14(18)7-13/h4-7,12,15-16,19H,3,8-11H2,1-2H3,(H,21,22). The highest BCUT2D eigenvalue weighted by Gasteiger charge is 2.33. The van der Waals surface area contributed by atoms with E-state index in [2.05, 4.69) is 18.3 Å². The molecule has 2 N–H and O–H groups in total. The molecule has 1 saturated carbocycles. The lowest BCUT2D eigenvalue weighted by Crippen LogP contribution is -2.54. The van der Waals surface area contributed by atoms with E-state index in [-0.39, 0.29) is 6.54 Å². The largest absolute Gasteiger partial charge is 0.480 e. The van der Waals surface area contributed by atoms with Crippen molar-refractivity contribution in [2.45, 2.75) is 44.7 Å². The van der Waals surface area contributed by atoms with E-state index in [1.807, 2.05) is 30.0 Å². The monoisotopic (exact) mass is 324 g/mol. The van der Waals surface area contributed by atoms with Crippen molar-refractivity contribution >= 4 is 17.6 Å². The van der Waals surface area contributed by atoms with Crippen molar-refractivity contribution in [3.63, 3.8) is 0 Å². The van der Waals surface area contributed by atoms with Gasteiger partial charge in [0, 0.05) is 23.7 Å². The molecule has 1 aliphatic carbocycles. The summed E-state index contributed by atoms with van der Waals surface area (Å²) in [6.07, 6.45) is 2.06. The molecular weight excluding hydrogens is 300 g/mol. The Balaban J connectivity index is 1.72. The minimum atomic E-state index is -0.743. The summed E-state index contributed by atoms with van der Waals surface area (Å²) in [6, 6.07) is 8.90. The van der Waals surface area contributed by atoms with Gasteiger partial charge in [0.15, 0.2) is 0 Å². The fourth-order valence-electron chi connectivity index (χ4n) is 3.00. The van der Waals surface area contributed by atoms with Gasteiger partial charge in [0.2, 0.25) is 0 Å². The number of halogens is 1. The Bertz CT molecular complexity index is 503. The molecule has 0 amide bonds. The van der Waals surface area contributed by atoms with Gasteiger partial charge in [-0.2, -0.15) is 0 Å². The first-order valence-electron chi connectivity index (χ1n) is 7.94. The topological polar surface area (TPSA) is 52.6 Å². The third-order valence-corrected chi connectivity index (χ3v) is 4.74. The van der Waals surface area contributed by atoms with E-state index in [0.717, 1.165) is 31.0 Å². The second-order valence-corrected chi connectivity index (χ2v) is 6.58. The van der Waals surface area contributed by atoms with Gasteiger partial charge in [0.25, 0.3) is 0 Å². The van der Waals surface area contributed by atoms with Crippen LogP contribution in [0.2, 0.25) is 5.02 Å². The van der Waals surface area contributed by atoms with Crippen molar-refractivity contribution in [3.8, 4) is 0 Å². The van der Waals surface area contributed by atoms with E-state index in [1.54, 1.807) is 0 Å². The Kier molecular flexibility index (Phi) is 6.24. The second-order valence-electron chi connectivity index (χ2n) is 6.14. The van der Waals surface area contributed by atoms with Crippen molar-refractivity contribution in [2.24, 2.45) is 0 Å². The SMILES string of the molecule is CCN(CC(=O)O)C1CC(NCC(C)c2cccc(Cl)c2)C1. The minimum Gasteiger partial charge on any atom is -0.480 e. The zero-order valence-corrected chi connectivity index (χ0v) is 14.0. The van der Waals surface area contributed by atoms with E-state index in [0.29, 0.717) is 18.0 Å². The molecule has 0 aliphatic heterocycles. The van der Waals surface area contributed by atoms with Gasteiger partial charge >= 0.3 is 5.97 Å². The summed E-state index contributed by atoms with van der Waals surface area (Å²) in [5.74, 6) is -0.327. The second kappa shape index (κ2) is 7.95. The lowest BCUT2D eigenvalue weighted by Gasteiger charge is -2.42. The fourth-order valence-corrected chi connectivity index (χ4v) is 3.20. The smallest absolute Gasteiger partial charge is 0.317 e. The zero-order chi connectivity index (χ0) is 16.1. The van der Waals surface area contributed by atoms with Crippen LogP contribution in [0.1, 0.15) is 38.2 Å². The quantitative estimate of drug-likeness (QED) is 0.772. The summed E-state index contributed by atoms with van der Waals surface area (Å²) in [7, 11) is 0. The summed E-state index contributed by atoms with van der Waals surface area (Å²) >= 11 is 6.03. The number of carbonyl (C=O) groups is 1. The van der Waals surface area contributed by atoms with Crippen LogP contribution in [0.3, 0.4) is 0 Å². The van der Waals surface area contributed by atoms with E-state index in [4.69, 9.17) is 16.7 Å². The molecule has 0 saturated heterocycles. The first kappa shape index (κ1) is 17.3. The first-order chi connectivity index (χ1) is 10.5. The highest BCUT2D eigenvalue weighted by molar-refractivity contribution is 6.30. The number of nitrogens with one attached hydrogen (secondary N) is 1. The maximum absolute atomic E-state index is 10.8. The maximum atomic E-state index is 10.8. The van der Waals surface area contributed by atoms with E-state index < -0.39 is 5.97 Å². The molecule has 0 bridgehead atoms. The molecule has 2 rings (SSSR count). The number of aliphatic carboxylic acids is 1. The highest BCUT2D eigenvalue weighted by atomic mass is 35.5. The number of nitrogens with zero attached hydrogens (tertiary/aromatic N) is 1. The first-order valence-corrected chi connectivity index (χ1v) is 8.32. The predicted molar refractivity (Wildman–Crippen MR) is 89.6 cm³/mol. The Morgan fingerprint density at radius 3 is 2.82 bits per heavy atom. The average Bonchev–Trinajstić information content (AvgIpc) is 2.43. The van der Waals surface area contributed by atoms with Crippen LogP contribution in [0.4, 0.5) is 0 Å². The van der Waals surface area contributed by atoms with Gasteiger partial charge in [-0.05, 0) is 43.0 Å². The predicted octanol–water partition coefficient (Wildman–Crippen LogP) is 2.97. The molecule has 0 aromatic heterocycles. The summed E-state index contributed by atoms with van der Waals surface area (Å²) in [6.45, 7) is 6.07. The summed E-state index contributed by atoms with van der Waals surface area (Å²) < 4.78 is 0. The van der Waals surface area contributed by atoms with Crippen LogP contribution >= 0.6 is 11.6 Å². The molecule has 1 atom stereocenters. The molecule has 1 aliphatic rings. The van der Waals surface area contributed by atoms with Crippen molar-refractivity contribution in [1.29, 1.82) is 0 Å². The summed E-state index contributed by atoms with van der Waals surface area (Å²) in [5.41, 5.74) is 1.25. The Hall–Kier alpha value is -1.10. The normalized spacial score (nSPS) is 22.4. The number of carboxylic acids is 1. The molecular formula is C17H25ClN2O2. The van der Waals surface area contributed by atoms with Crippen LogP contribution in [0, 0.1) is 0 Å². The molecule has 0 radical (unpaired) electrons. The summed E-state index contributed by atoms with van der Waals surface area (Å²) in [4.78, 5) is 12.9. The van der Waals surface area contributed by atoms with Crippen molar-refractivity contribution in [1.82, 2.24) is 10.2 Å². The Labute approximate surface area is 137 Å². The molecule has 0 heterocycles.